The molecule has 0 aliphatic carbocycles. The van der Waals surface area contributed by atoms with Crippen molar-refractivity contribution < 1.29 is 22.7 Å². The molecule has 0 amide bonds. The topological polar surface area (TPSA) is 74.7 Å². The van der Waals surface area contributed by atoms with Crippen LogP contribution in [-0.4, -0.2) is 41.5 Å². The third kappa shape index (κ3) is 2.60. The number of carboxylic acids is 1. The molecule has 1 atom stereocenters. The maximum atomic E-state index is 13.4. The molecule has 1 unspecified atom stereocenters. The summed E-state index contributed by atoms with van der Waals surface area (Å²) in [5.41, 5.74) is 0.338. The molecular formula is C11H12FNO4S2. The van der Waals surface area contributed by atoms with E-state index in [2.05, 4.69) is 0 Å². The SMILES string of the molecule is Cc1ccc(S(=O)(=O)N2CSCC2C(=O)O)cc1F. The van der Waals surface area contributed by atoms with Crippen molar-refractivity contribution in [2.24, 2.45) is 0 Å². The molecule has 5 nitrogen and oxygen atoms in total. The Morgan fingerprint density at radius 3 is 2.79 bits per heavy atom. The minimum absolute atomic E-state index is 0.0643. The van der Waals surface area contributed by atoms with Gasteiger partial charge in [-0.15, -0.1) is 11.8 Å². The van der Waals surface area contributed by atoms with Gasteiger partial charge in [-0.3, -0.25) is 4.79 Å². The molecule has 1 aliphatic heterocycles. The summed E-state index contributed by atoms with van der Waals surface area (Å²) in [7, 11) is -3.98. The maximum Gasteiger partial charge on any atom is 0.322 e. The van der Waals surface area contributed by atoms with Gasteiger partial charge in [0.15, 0.2) is 0 Å². The zero-order valence-corrected chi connectivity index (χ0v) is 11.7. The van der Waals surface area contributed by atoms with Crippen LogP contribution < -0.4 is 0 Å². The Morgan fingerprint density at radius 2 is 2.21 bits per heavy atom. The number of aryl methyl sites for hydroxylation is 1. The van der Waals surface area contributed by atoms with Gasteiger partial charge in [0.25, 0.3) is 0 Å². The van der Waals surface area contributed by atoms with E-state index in [0.29, 0.717) is 5.56 Å². The van der Waals surface area contributed by atoms with Crippen molar-refractivity contribution >= 4 is 27.8 Å². The lowest BCUT2D eigenvalue weighted by molar-refractivity contribution is -0.140. The molecule has 0 aromatic heterocycles. The normalized spacial score (nSPS) is 20.6. The monoisotopic (exact) mass is 305 g/mol. The van der Waals surface area contributed by atoms with Crippen molar-refractivity contribution in [3.05, 3.63) is 29.6 Å². The highest BCUT2D eigenvalue weighted by Gasteiger charge is 2.40. The molecule has 1 fully saturated rings. The first-order chi connectivity index (χ1) is 8.84. The summed E-state index contributed by atoms with van der Waals surface area (Å²) in [6, 6.07) is 2.48. The van der Waals surface area contributed by atoms with Crippen LogP contribution in [0.5, 0.6) is 0 Å². The number of rotatable bonds is 3. The number of halogens is 1. The molecule has 0 spiro atoms. The fourth-order valence-corrected chi connectivity index (χ4v) is 4.88. The highest BCUT2D eigenvalue weighted by atomic mass is 32.2. The van der Waals surface area contributed by atoms with Crippen molar-refractivity contribution in [3.63, 3.8) is 0 Å². The number of hydrogen-bond donors (Lipinski definition) is 1. The molecule has 8 heteroatoms. The largest absolute Gasteiger partial charge is 0.480 e. The number of aliphatic carboxylic acids is 1. The van der Waals surface area contributed by atoms with E-state index in [-0.39, 0.29) is 16.5 Å². The van der Waals surface area contributed by atoms with Crippen LogP contribution in [0.1, 0.15) is 5.56 Å². The van der Waals surface area contributed by atoms with Gasteiger partial charge in [-0.1, -0.05) is 6.07 Å². The predicted molar refractivity (Wildman–Crippen MR) is 68.9 cm³/mol. The summed E-state index contributed by atoms with van der Waals surface area (Å²) in [4.78, 5) is 10.8. The van der Waals surface area contributed by atoms with Crippen LogP contribution in [0.3, 0.4) is 0 Å². The Labute approximate surface area is 114 Å². The standard InChI is InChI=1S/C11H12FNO4S2/c1-7-2-3-8(4-9(7)12)19(16,17)13-6-18-5-10(13)11(14)15/h2-4,10H,5-6H2,1H3,(H,14,15). The van der Waals surface area contributed by atoms with E-state index in [1.807, 2.05) is 0 Å². The fourth-order valence-electron chi connectivity index (χ4n) is 1.73. The molecule has 19 heavy (non-hydrogen) atoms. The first-order valence-electron chi connectivity index (χ1n) is 5.42. The Hall–Kier alpha value is -1.12. The first-order valence-corrected chi connectivity index (χ1v) is 8.02. The smallest absolute Gasteiger partial charge is 0.322 e. The highest BCUT2D eigenvalue weighted by molar-refractivity contribution is 8.00. The van der Waals surface area contributed by atoms with Crippen molar-refractivity contribution in [2.75, 3.05) is 11.6 Å². The molecule has 2 rings (SSSR count). The van der Waals surface area contributed by atoms with Gasteiger partial charge in [-0.25, -0.2) is 12.8 Å². The third-order valence-electron chi connectivity index (χ3n) is 2.88. The summed E-state index contributed by atoms with van der Waals surface area (Å²) in [6.07, 6.45) is 0. The van der Waals surface area contributed by atoms with Gasteiger partial charge in [0.2, 0.25) is 10.0 Å². The van der Waals surface area contributed by atoms with Gasteiger partial charge < -0.3 is 5.11 Å². The zero-order valence-electron chi connectivity index (χ0n) is 10.0. The summed E-state index contributed by atoms with van der Waals surface area (Å²) in [5.74, 6) is -1.56. The van der Waals surface area contributed by atoms with Gasteiger partial charge in [-0.05, 0) is 24.6 Å². The molecule has 1 N–H and O–H groups in total. The fraction of sp³-hybridized carbons (Fsp3) is 0.364. The van der Waals surface area contributed by atoms with Gasteiger partial charge in [-0.2, -0.15) is 4.31 Å². The molecule has 1 aromatic rings. The van der Waals surface area contributed by atoms with Crippen molar-refractivity contribution in [1.82, 2.24) is 4.31 Å². The summed E-state index contributed by atoms with van der Waals surface area (Å²) < 4.78 is 38.9. The van der Waals surface area contributed by atoms with E-state index >= 15 is 0 Å². The first kappa shape index (κ1) is 14.3. The Morgan fingerprint density at radius 1 is 1.53 bits per heavy atom. The van der Waals surface area contributed by atoms with Crippen LogP contribution in [0, 0.1) is 12.7 Å². The molecule has 0 saturated carbocycles. The van der Waals surface area contributed by atoms with Gasteiger partial charge in [0.05, 0.1) is 10.8 Å². The molecule has 104 valence electrons. The highest BCUT2D eigenvalue weighted by Crippen LogP contribution is 2.29. The number of carboxylic acid groups (broad SMARTS) is 1. The maximum absolute atomic E-state index is 13.4. The number of carbonyl (C=O) groups is 1. The van der Waals surface area contributed by atoms with E-state index in [4.69, 9.17) is 5.11 Å². The molecule has 0 bridgehead atoms. The second-order valence-electron chi connectivity index (χ2n) is 4.16. The Balaban J connectivity index is 2.42. The zero-order chi connectivity index (χ0) is 14.2. The molecular weight excluding hydrogens is 293 g/mol. The van der Waals surface area contributed by atoms with E-state index in [9.17, 15) is 17.6 Å². The van der Waals surface area contributed by atoms with Crippen LogP contribution in [0.4, 0.5) is 4.39 Å². The van der Waals surface area contributed by atoms with E-state index in [0.717, 1.165) is 10.4 Å². The van der Waals surface area contributed by atoms with Crippen LogP contribution in [-0.2, 0) is 14.8 Å². The number of hydrogen-bond acceptors (Lipinski definition) is 4. The molecule has 1 aliphatic rings. The molecule has 1 aromatic carbocycles. The van der Waals surface area contributed by atoms with Crippen LogP contribution in [0.15, 0.2) is 23.1 Å². The number of benzene rings is 1. The average molecular weight is 305 g/mol. The van der Waals surface area contributed by atoms with Gasteiger partial charge in [0.1, 0.15) is 11.9 Å². The lowest BCUT2D eigenvalue weighted by Gasteiger charge is -2.20. The third-order valence-corrected chi connectivity index (χ3v) is 5.90. The second kappa shape index (κ2) is 5.10. The average Bonchev–Trinajstić information content (AvgIpc) is 2.82. The molecule has 1 saturated heterocycles. The van der Waals surface area contributed by atoms with Crippen LogP contribution in [0.25, 0.3) is 0 Å². The quantitative estimate of drug-likeness (QED) is 0.910. The predicted octanol–water partition coefficient (Wildman–Crippen LogP) is 1.28. The van der Waals surface area contributed by atoms with E-state index < -0.39 is 27.9 Å². The number of sulfonamides is 1. The minimum atomic E-state index is -3.98. The lowest BCUT2D eigenvalue weighted by Crippen LogP contribution is -2.41. The molecule has 1 heterocycles. The Bertz CT molecular complexity index is 617. The van der Waals surface area contributed by atoms with Crippen molar-refractivity contribution in [3.8, 4) is 0 Å². The van der Waals surface area contributed by atoms with Crippen LogP contribution in [0.2, 0.25) is 0 Å². The van der Waals surface area contributed by atoms with Gasteiger partial charge in [0, 0.05) is 5.75 Å². The van der Waals surface area contributed by atoms with E-state index in [1.165, 1.54) is 30.8 Å². The lowest BCUT2D eigenvalue weighted by atomic mass is 10.2. The minimum Gasteiger partial charge on any atom is -0.480 e. The molecule has 0 radical (unpaired) electrons. The number of nitrogens with zero attached hydrogens (tertiary/aromatic N) is 1. The summed E-state index contributed by atoms with van der Waals surface area (Å²) in [5, 5.41) is 9.00. The summed E-state index contributed by atoms with van der Waals surface area (Å²) >= 11 is 1.22. The van der Waals surface area contributed by atoms with E-state index in [1.54, 1.807) is 0 Å². The van der Waals surface area contributed by atoms with Crippen molar-refractivity contribution in [2.45, 2.75) is 17.9 Å². The Kier molecular flexibility index (Phi) is 3.84. The van der Waals surface area contributed by atoms with Gasteiger partial charge >= 0.3 is 5.97 Å². The summed E-state index contributed by atoms with van der Waals surface area (Å²) in [6.45, 7) is 1.53. The van der Waals surface area contributed by atoms with Crippen molar-refractivity contribution in [1.29, 1.82) is 0 Å². The second-order valence-corrected chi connectivity index (χ2v) is 7.05. The van der Waals surface area contributed by atoms with Crippen LogP contribution >= 0.6 is 11.8 Å². The number of thioether (sulfide) groups is 1.